The summed E-state index contributed by atoms with van der Waals surface area (Å²) in [6, 6.07) is 31.4. The van der Waals surface area contributed by atoms with E-state index in [1.807, 2.05) is 0 Å². The lowest BCUT2D eigenvalue weighted by Crippen LogP contribution is -2.36. The molecule has 0 aliphatic heterocycles. The van der Waals surface area contributed by atoms with E-state index in [0.717, 1.165) is 11.6 Å². The van der Waals surface area contributed by atoms with Gasteiger partial charge in [-0.25, -0.2) is 0 Å². The molecule has 4 aromatic carbocycles. The Morgan fingerprint density at radius 2 is 1.64 bits per heavy atom. The topological polar surface area (TPSA) is 12.0 Å². The van der Waals surface area contributed by atoms with Gasteiger partial charge in [-0.3, -0.25) is 0 Å². The van der Waals surface area contributed by atoms with E-state index >= 15 is 0 Å². The number of nitrogens with one attached hydrogen (secondary N) is 1. The van der Waals surface area contributed by atoms with E-state index in [1.165, 1.54) is 64.4 Å². The van der Waals surface area contributed by atoms with E-state index in [0.29, 0.717) is 5.92 Å². The maximum atomic E-state index is 3.80. The summed E-state index contributed by atoms with van der Waals surface area (Å²) in [6.07, 6.45) is 7.81. The molecular formula is C32H29N. The highest BCUT2D eigenvalue weighted by Crippen LogP contribution is 2.61. The van der Waals surface area contributed by atoms with Crippen molar-refractivity contribution in [3.05, 3.63) is 108 Å². The molecule has 0 amide bonds. The van der Waals surface area contributed by atoms with E-state index in [4.69, 9.17) is 0 Å². The fraction of sp³-hybridized carbons (Fsp3) is 0.250. The number of allylic oxidation sites excluding steroid dienone is 2. The zero-order valence-electron chi connectivity index (χ0n) is 19.1. The molecule has 1 N–H and O–H groups in total. The molecule has 1 fully saturated rings. The third-order valence-electron chi connectivity index (χ3n) is 8.38. The molecule has 1 heteroatoms. The van der Waals surface area contributed by atoms with Crippen molar-refractivity contribution in [2.45, 2.75) is 38.0 Å². The molecule has 3 aliphatic rings. The lowest BCUT2D eigenvalue weighted by molar-refractivity contribution is 0.284. The standard InChI is InChI=1S/C32H29N/c1-21-17-22-15-16-32(25(18-21)19-22)28-10-5-4-9-27(28)31-29(32)11-6-12-30(31)33-26-14-13-23-7-2-3-8-24(23)20-26/h2-14,18,20-22,33H,15-17,19H2,1H3. The molecule has 0 saturated heterocycles. The molecule has 3 atom stereocenters. The fourth-order valence-electron chi connectivity index (χ4n) is 7.08. The van der Waals surface area contributed by atoms with Crippen LogP contribution in [0.3, 0.4) is 0 Å². The van der Waals surface area contributed by atoms with Gasteiger partial charge in [0.15, 0.2) is 0 Å². The third kappa shape index (κ3) is 2.78. The van der Waals surface area contributed by atoms with Gasteiger partial charge in [-0.05, 0) is 83.2 Å². The molecule has 4 aromatic rings. The molecule has 1 saturated carbocycles. The Bertz CT molecular complexity index is 1430. The average Bonchev–Trinajstić information content (AvgIpc) is 3.13. The second-order valence-electron chi connectivity index (χ2n) is 10.4. The van der Waals surface area contributed by atoms with Gasteiger partial charge in [0.25, 0.3) is 0 Å². The van der Waals surface area contributed by atoms with Crippen LogP contribution in [-0.4, -0.2) is 0 Å². The van der Waals surface area contributed by atoms with Gasteiger partial charge in [-0.2, -0.15) is 0 Å². The Labute approximate surface area is 196 Å². The average molecular weight is 428 g/mol. The van der Waals surface area contributed by atoms with Crippen LogP contribution in [-0.2, 0) is 5.41 Å². The van der Waals surface area contributed by atoms with Crippen molar-refractivity contribution in [1.82, 2.24) is 0 Å². The Morgan fingerprint density at radius 3 is 2.58 bits per heavy atom. The first-order valence-electron chi connectivity index (χ1n) is 12.4. The van der Waals surface area contributed by atoms with Crippen molar-refractivity contribution in [1.29, 1.82) is 0 Å². The molecule has 3 aliphatic carbocycles. The highest BCUT2D eigenvalue weighted by molar-refractivity contribution is 5.94. The fourth-order valence-corrected chi connectivity index (χ4v) is 7.08. The Kier molecular flexibility index (Phi) is 4.12. The summed E-state index contributed by atoms with van der Waals surface area (Å²) >= 11 is 0. The van der Waals surface area contributed by atoms with E-state index in [9.17, 15) is 0 Å². The van der Waals surface area contributed by atoms with Crippen LogP contribution in [0.5, 0.6) is 0 Å². The van der Waals surface area contributed by atoms with Crippen LogP contribution in [0, 0.1) is 11.8 Å². The number of fused-ring (bicyclic) bond motifs is 9. The van der Waals surface area contributed by atoms with Crippen molar-refractivity contribution < 1.29 is 0 Å². The minimum absolute atomic E-state index is 0.0538. The monoisotopic (exact) mass is 427 g/mol. The van der Waals surface area contributed by atoms with Gasteiger partial charge in [0.1, 0.15) is 0 Å². The molecule has 1 spiro atoms. The van der Waals surface area contributed by atoms with Crippen molar-refractivity contribution in [2.75, 3.05) is 5.32 Å². The van der Waals surface area contributed by atoms with Crippen molar-refractivity contribution >= 4 is 22.1 Å². The molecule has 33 heavy (non-hydrogen) atoms. The maximum absolute atomic E-state index is 3.80. The Balaban J connectivity index is 1.41. The van der Waals surface area contributed by atoms with Gasteiger partial charge in [0, 0.05) is 22.4 Å². The van der Waals surface area contributed by atoms with Crippen LogP contribution in [0.4, 0.5) is 11.4 Å². The zero-order chi connectivity index (χ0) is 22.0. The van der Waals surface area contributed by atoms with Crippen LogP contribution in [0.25, 0.3) is 21.9 Å². The van der Waals surface area contributed by atoms with E-state index in [1.54, 1.807) is 5.57 Å². The van der Waals surface area contributed by atoms with Crippen LogP contribution in [0.1, 0.15) is 43.7 Å². The summed E-state index contributed by atoms with van der Waals surface area (Å²) < 4.78 is 0. The van der Waals surface area contributed by atoms with E-state index < -0.39 is 0 Å². The predicted octanol–water partition coefficient (Wildman–Crippen LogP) is 8.62. The first-order valence-corrected chi connectivity index (χ1v) is 12.4. The van der Waals surface area contributed by atoms with E-state index in [-0.39, 0.29) is 5.41 Å². The molecule has 7 rings (SSSR count). The summed E-state index contributed by atoms with van der Waals surface area (Å²) in [6.45, 7) is 2.41. The molecule has 1 nitrogen and oxygen atoms in total. The maximum Gasteiger partial charge on any atom is 0.0467 e. The van der Waals surface area contributed by atoms with Crippen LogP contribution in [0.2, 0.25) is 0 Å². The van der Waals surface area contributed by atoms with Crippen LogP contribution < -0.4 is 5.32 Å². The number of benzene rings is 4. The molecule has 162 valence electrons. The number of hydrogen-bond acceptors (Lipinski definition) is 1. The zero-order valence-corrected chi connectivity index (χ0v) is 19.1. The lowest BCUT2D eigenvalue weighted by Gasteiger charge is -2.45. The van der Waals surface area contributed by atoms with Crippen molar-refractivity contribution in [3.63, 3.8) is 0 Å². The summed E-state index contributed by atoms with van der Waals surface area (Å²) in [7, 11) is 0. The molecule has 3 unspecified atom stereocenters. The number of hydrogen-bond donors (Lipinski definition) is 1. The van der Waals surface area contributed by atoms with Crippen LogP contribution >= 0.6 is 0 Å². The first kappa shape index (κ1) is 19.2. The second-order valence-corrected chi connectivity index (χ2v) is 10.4. The first-order chi connectivity index (χ1) is 16.2. The minimum atomic E-state index is 0.0538. The largest absolute Gasteiger partial charge is 0.355 e. The smallest absolute Gasteiger partial charge is 0.0467 e. The van der Waals surface area contributed by atoms with Gasteiger partial charge < -0.3 is 5.32 Å². The molecule has 2 bridgehead atoms. The number of anilines is 2. The predicted molar refractivity (Wildman–Crippen MR) is 139 cm³/mol. The quantitative estimate of drug-likeness (QED) is 0.316. The van der Waals surface area contributed by atoms with Gasteiger partial charge in [0.05, 0.1) is 0 Å². The minimum Gasteiger partial charge on any atom is -0.355 e. The molecular weight excluding hydrogens is 398 g/mol. The third-order valence-corrected chi connectivity index (χ3v) is 8.38. The van der Waals surface area contributed by atoms with Gasteiger partial charge in [-0.15, -0.1) is 0 Å². The summed E-state index contributed by atoms with van der Waals surface area (Å²) in [5, 5.41) is 6.35. The van der Waals surface area contributed by atoms with E-state index in [2.05, 4.69) is 103 Å². The van der Waals surface area contributed by atoms with Crippen LogP contribution in [0.15, 0.2) is 96.6 Å². The lowest BCUT2D eigenvalue weighted by atomic mass is 9.58. The van der Waals surface area contributed by atoms with Crippen molar-refractivity contribution in [3.8, 4) is 11.1 Å². The number of rotatable bonds is 2. The summed E-state index contributed by atoms with van der Waals surface area (Å²) in [5.74, 6) is 1.55. The molecule has 0 aromatic heterocycles. The normalized spacial score (nSPS) is 24.9. The summed E-state index contributed by atoms with van der Waals surface area (Å²) in [5.41, 5.74) is 9.94. The Hall–Kier alpha value is -3.32. The highest BCUT2D eigenvalue weighted by Gasteiger charge is 2.50. The van der Waals surface area contributed by atoms with Gasteiger partial charge in [-0.1, -0.05) is 85.3 Å². The summed E-state index contributed by atoms with van der Waals surface area (Å²) in [4.78, 5) is 0. The molecule has 0 radical (unpaired) electrons. The van der Waals surface area contributed by atoms with Crippen molar-refractivity contribution in [2.24, 2.45) is 11.8 Å². The van der Waals surface area contributed by atoms with Gasteiger partial charge >= 0.3 is 0 Å². The highest BCUT2D eigenvalue weighted by atomic mass is 14.9. The SMILES string of the molecule is CC1C=C2CC(CCC23c2ccccc2-c2c(Nc4ccc5ccccc5c4)cccc23)C1. The molecule has 0 heterocycles. The Morgan fingerprint density at radius 1 is 0.818 bits per heavy atom. The second kappa shape index (κ2) is 7.09. The van der Waals surface area contributed by atoms with Gasteiger partial charge in [0.2, 0.25) is 0 Å².